The first kappa shape index (κ1) is 131. The summed E-state index contributed by atoms with van der Waals surface area (Å²) in [5.41, 5.74) is 13.7. The number of thioether (sulfide) groups is 6. The second kappa shape index (κ2) is 76.1. The lowest BCUT2D eigenvalue weighted by atomic mass is 9.99. The predicted octanol–water partition coefficient (Wildman–Crippen LogP) is 14.4. The van der Waals surface area contributed by atoms with Gasteiger partial charge in [-0.2, -0.15) is 70.6 Å². The van der Waals surface area contributed by atoms with E-state index in [1.54, 1.807) is 62.3 Å². The molecule has 750 valence electrons. The van der Waals surface area contributed by atoms with Gasteiger partial charge in [0.2, 0.25) is 11.8 Å². The van der Waals surface area contributed by atoms with E-state index in [4.69, 9.17) is 46.7 Å². The Kier molecular flexibility index (Phi) is 77.5. The smallest absolute Gasteiger partial charge is 0.408 e. The number of hydrogen-bond donors (Lipinski definition) is 13. The minimum absolute atomic E-state index is 0. The maximum atomic E-state index is 13.1. The molecule has 0 spiro atoms. The summed E-state index contributed by atoms with van der Waals surface area (Å²) in [4.78, 5) is 183. The van der Waals surface area contributed by atoms with Gasteiger partial charge in [0.1, 0.15) is 70.0 Å². The summed E-state index contributed by atoms with van der Waals surface area (Å²) in [5.74, 6) is 0.256. The van der Waals surface area contributed by atoms with Crippen molar-refractivity contribution in [2.45, 2.75) is 344 Å². The molecule has 16 N–H and O–H groups in total. The number of hydrogen-bond acceptors (Lipinski definition) is 35. The van der Waals surface area contributed by atoms with Crippen LogP contribution in [0, 0.1) is 0 Å². The third-order valence-electron chi connectivity index (χ3n) is 16.7. The van der Waals surface area contributed by atoms with Gasteiger partial charge in [0, 0.05) is 136 Å². The molecule has 3 aliphatic rings. The molecule has 3 rings (SSSR count). The third kappa shape index (κ3) is 77.8. The molecule has 0 saturated heterocycles. The molecule has 0 aromatic heterocycles. The lowest BCUT2D eigenvalue weighted by Crippen LogP contribution is -2.45. The molecule has 0 aromatic carbocycles. The van der Waals surface area contributed by atoms with Gasteiger partial charge < -0.3 is 103 Å². The van der Waals surface area contributed by atoms with Crippen molar-refractivity contribution in [3.05, 3.63) is 0 Å². The molecule has 12 unspecified atom stereocenters. The zero-order valence-corrected chi connectivity index (χ0v) is 87.4. The van der Waals surface area contributed by atoms with Gasteiger partial charge in [-0.15, -0.1) is 0 Å². The highest BCUT2D eigenvalue weighted by Crippen LogP contribution is 2.43. The molecule has 0 aromatic rings. The first-order chi connectivity index (χ1) is 59.7. The number of carbonyl (C=O) groups is 16. The van der Waals surface area contributed by atoms with Crippen molar-refractivity contribution < 1.29 is 121 Å². The largest absolute Gasteiger partial charge is 0.481 e. The summed E-state index contributed by atoms with van der Waals surface area (Å²) in [6, 6.07) is -5.93. The lowest BCUT2D eigenvalue weighted by Gasteiger charge is -2.35. The molecule has 3 fully saturated rings. The number of ether oxygens (including phenoxy) is 4. The van der Waals surface area contributed by atoms with Gasteiger partial charge in [0.25, 0.3) is 6.47 Å². The van der Waals surface area contributed by atoms with Gasteiger partial charge in [-0.1, -0.05) is 98.9 Å². The number of carboxylic acids is 5. The van der Waals surface area contributed by atoms with E-state index in [1.807, 2.05) is 67.8 Å². The molecule has 0 bridgehead atoms. The molecule has 12 atom stereocenters. The third-order valence-corrected chi connectivity index (χ3v) is 33.5. The van der Waals surface area contributed by atoms with Crippen LogP contribution in [0.2, 0.25) is 0 Å². The average Bonchev–Trinajstić information content (AvgIpc) is 0.860. The van der Waals surface area contributed by atoms with Gasteiger partial charge in [0.05, 0.1) is 12.5 Å². The van der Waals surface area contributed by atoms with Crippen LogP contribution in [0.4, 0.5) is 14.4 Å². The number of alkyl carbamates (subject to hydrolysis) is 3. The average molecular weight is 2060 g/mol. The van der Waals surface area contributed by atoms with Crippen molar-refractivity contribution in [1.82, 2.24) is 26.6 Å². The monoisotopic (exact) mass is 2060 g/mol. The number of unbranched alkanes of at least 4 members (excludes halogenated alkanes) is 2. The van der Waals surface area contributed by atoms with Crippen LogP contribution in [-0.2, 0) is 81.3 Å². The summed E-state index contributed by atoms with van der Waals surface area (Å²) in [6.45, 7) is 31.5. The maximum Gasteiger partial charge on any atom is 0.408 e. The van der Waals surface area contributed by atoms with Gasteiger partial charge in [-0.25, -0.2) is 28.8 Å². The zero-order valence-electron chi connectivity index (χ0n) is 77.6. The maximum absolute atomic E-state index is 13.1. The molecule has 3 aliphatic carbocycles. The SMILES string of the molecule is C.CC(=O)CCC(=O)O.CC(C)(C)OC(=O)NC(CSSCC(N)C(=O)O)C(=O)O.CC(C)(C)OC=O.CCCCSC1CCC1SCCCC(=O)C(CSSCC(NC(=O)CCC(C)=O)C(=O)O)NC(=O)CCC(C)=O.CCCCSC1CCC1SCCCC(=O)C(CSSCC(NC(=O)OC(C)(C)C)C(=O)O)NC(=O)OC(C)(C)C.NCCSC1CCC1SCCN. The van der Waals surface area contributed by atoms with E-state index in [0.717, 1.165) is 86.3 Å². The molecule has 0 aliphatic heterocycles. The fraction of sp³-hybridized carbons (Fsp3) is 0.810. The fourth-order valence-corrected chi connectivity index (χ4v) is 25.5. The van der Waals surface area contributed by atoms with Crippen LogP contribution in [0.1, 0.15) is 254 Å². The van der Waals surface area contributed by atoms with Gasteiger partial charge in [-0.3, -0.25) is 33.6 Å². The van der Waals surface area contributed by atoms with E-state index in [0.29, 0.717) is 35.1 Å². The second-order valence-electron chi connectivity index (χ2n) is 33.4. The molecular formula is C84H152N8O25S12. The highest BCUT2D eigenvalue weighted by Gasteiger charge is 2.35. The zero-order chi connectivity index (χ0) is 98.2. The van der Waals surface area contributed by atoms with Crippen molar-refractivity contribution >= 4 is 231 Å². The first-order valence-corrected chi connectivity index (χ1v) is 56.4. The van der Waals surface area contributed by atoms with Crippen molar-refractivity contribution in [2.75, 3.05) is 82.1 Å². The summed E-state index contributed by atoms with van der Waals surface area (Å²) in [6.07, 6.45) is 12.7. The predicted molar refractivity (Wildman–Crippen MR) is 539 cm³/mol. The normalized spacial score (nSPS) is 17.4. The Morgan fingerprint density at radius 1 is 0.357 bits per heavy atom. The molecular weight excluding hydrogens is 1910 g/mol. The van der Waals surface area contributed by atoms with E-state index in [-0.39, 0.29) is 121 Å². The number of nitrogens with two attached hydrogens (primary N) is 3. The standard InChI is InChI=1S/C27H48N2O7S4.C27H44N2O7S4.C11H20N2O6S2.C8H18N2S2.C5H8O3.C5H10O2.CH4/c1-8-9-14-37-21-12-13-22(21)38-15-10-11-20(30)18(28-24(33)35-26(2,3)4)16-39-40-17-19(23(31)32)29-25(34)36-27(5,6)7;1-4-5-14-37-23-10-11-24(23)38-15-6-7-22(32)20(28-25(33)12-8-18(2)30)16-39-40-17-21(27(35)36)29-26(34)13-9-19(3)31;1-11(2,3)19-10(18)13-7(9(16)17)5-21-20-4-6(12)8(14)15;9-3-5-11-7-1-2-8(7)12-6-4-10;1-4(6)2-3-5(7)8;1-5(2,3)7-4-6;/h18-19,21-22H,8-17H2,1-7H3,(H,28,33)(H,29,34)(H,31,32);20-21,23-24H,4-17H2,1-3H3,(H,28,33)(H,29,34)(H,35,36);6-7H,4-5,12H2,1-3H3,(H,13,18)(H,14,15)(H,16,17);7-8H,1-6,9-10H2;2-3H2,1H3,(H,7,8);4H,1-3H3;1H4. The van der Waals surface area contributed by atoms with Crippen molar-refractivity contribution in [3.8, 4) is 0 Å². The minimum atomic E-state index is -1.20. The fourth-order valence-electron chi connectivity index (χ4n) is 9.58. The highest BCUT2D eigenvalue weighted by molar-refractivity contribution is 8.77. The van der Waals surface area contributed by atoms with Crippen molar-refractivity contribution in [1.29, 1.82) is 0 Å². The van der Waals surface area contributed by atoms with Gasteiger partial charge in [0.15, 0.2) is 11.6 Å². The first-order valence-electron chi connectivity index (χ1n) is 42.7. The van der Waals surface area contributed by atoms with Crippen LogP contribution in [0.25, 0.3) is 0 Å². The topological polar surface area (TPSA) is 549 Å². The number of rotatable bonds is 60. The van der Waals surface area contributed by atoms with E-state index >= 15 is 0 Å². The Balaban J connectivity index is -0.000000809. The van der Waals surface area contributed by atoms with Crippen LogP contribution in [0.15, 0.2) is 0 Å². The van der Waals surface area contributed by atoms with Crippen LogP contribution in [0.3, 0.4) is 0 Å². The number of carbonyl (C=O) groups excluding carboxylic acids is 11. The molecule has 45 heteroatoms. The molecule has 33 nitrogen and oxygen atoms in total. The van der Waals surface area contributed by atoms with Gasteiger partial charge >= 0.3 is 48.1 Å². The van der Waals surface area contributed by atoms with Gasteiger partial charge in [-0.05, 0) is 191 Å². The molecule has 5 amide bonds. The molecule has 0 radical (unpaired) electrons. The quantitative estimate of drug-likeness (QED) is 0.0116. The Labute approximate surface area is 815 Å². The van der Waals surface area contributed by atoms with E-state index in [1.165, 1.54) is 140 Å². The van der Waals surface area contributed by atoms with Crippen LogP contribution in [0.5, 0.6) is 0 Å². The number of Topliss-reactive ketones (excluding diaryl/α,β-unsaturated/α-hetero) is 5. The van der Waals surface area contributed by atoms with Crippen molar-refractivity contribution in [2.24, 2.45) is 17.2 Å². The Morgan fingerprint density at radius 3 is 0.845 bits per heavy atom. The number of carboxylic acid groups (broad SMARTS) is 5. The Morgan fingerprint density at radius 2 is 0.612 bits per heavy atom. The van der Waals surface area contributed by atoms with E-state index in [9.17, 15) is 86.9 Å². The van der Waals surface area contributed by atoms with Crippen LogP contribution >= 0.6 is 135 Å². The molecule has 0 heterocycles. The Hall–Kier alpha value is -4.00. The number of amides is 5. The Bertz CT molecular complexity index is 3260. The number of nitrogens with one attached hydrogen (secondary N) is 5. The molecule has 3 saturated carbocycles. The van der Waals surface area contributed by atoms with E-state index < -0.39 is 107 Å². The molecule has 129 heavy (non-hydrogen) atoms. The second-order valence-corrected chi connectivity index (χ2v) is 49.2. The van der Waals surface area contributed by atoms with E-state index in [2.05, 4.69) is 68.7 Å². The summed E-state index contributed by atoms with van der Waals surface area (Å²) in [5, 5.41) is 61.4. The number of ketones is 5. The van der Waals surface area contributed by atoms with Crippen molar-refractivity contribution in [3.63, 3.8) is 0 Å². The lowest BCUT2D eigenvalue weighted by molar-refractivity contribution is -0.141. The summed E-state index contributed by atoms with van der Waals surface area (Å²) < 4.78 is 20.0. The number of aliphatic carboxylic acids is 5. The van der Waals surface area contributed by atoms with Crippen LogP contribution in [-0.4, -0.2) is 293 Å². The minimum Gasteiger partial charge on any atom is -0.481 e. The summed E-state index contributed by atoms with van der Waals surface area (Å²) >= 11 is 12.1. The van der Waals surface area contributed by atoms with Crippen LogP contribution < -0.4 is 43.8 Å². The highest BCUT2D eigenvalue weighted by atomic mass is 33.1. The summed E-state index contributed by atoms with van der Waals surface area (Å²) in [7, 11) is 7.15.